The number of amides is 1. The fraction of sp³-hybridized carbons (Fsp3) is 0.188. The number of hydrogen-bond donors (Lipinski definition) is 2. The van der Waals surface area contributed by atoms with E-state index < -0.39 is 0 Å². The minimum atomic E-state index is -0.346. The first-order valence-corrected chi connectivity index (χ1v) is 6.46. The summed E-state index contributed by atoms with van der Waals surface area (Å²) in [5, 5.41) is 5.61. The van der Waals surface area contributed by atoms with Crippen molar-refractivity contribution < 1.29 is 9.18 Å². The van der Waals surface area contributed by atoms with Crippen LogP contribution in [0.25, 0.3) is 0 Å². The molecular weight excluding hydrogens is 255 g/mol. The Morgan fingerprint density at radius 3 is 2.55 bits per heavy atom. The van der Waals surface area contributed by atoms with Gasteiger partial charge in [0.05, 0.1) is 12.2 Å². The Hall–Kier alpha value is -2.36. The van der Waals surface area contributed by atoms with Gasteiger partial charge in [0.25, 0.3) is 0 Å². The molecule has 2 aromatic rings. The summed E-state index contributed by atoms with van der Waals surface area (Å²) in [6.45, 7) is 2.32. The Morgan fingerprint density at radius 2 is 1.85 bits per heavy atom. The zero-order valence-electron chi connectivity index (χ0n) is 11.3. The smallest absolute Gasteiger partial charge is 0.239 e. The van der Waals surface area contributed by atoms with E-state index in [1.165, 1.54) is 6.07 Å². The molecule has 1 amide bonds. The van der Waals surface area contributed by atoms with Crippen LogP contribution in [0.15, 0.2) is 48.5 Å². The highest BCUT2D eigenvalue weighted by atomic mass is 19.1. The van der Waals surface area contributed by atoms with Crippen molar-refractivity contribution >= 4 is 11.6 Å². The number of benzene rings is 2. The molecule has 4 heteroatoms. The van der Waals surface area contributed by atoms with Crippen molar-refractivity contribution in [2.75, 3.05) is 11.9 Å². The quantitative estimate of drug-likeness (QED) is 0.878. The van der Waals surface area contributed by atoms with Gasteiger partial charge in [-0.05, 0) is 24.1 Å². The van der Waals surface area contributed by atoms with Crippen molar-refractivity contribution in [2.24, 2.45) is 0 Å². The summed E-state index contributed by atoms with van der Waals surface area (Å²) in [7, 11) is 0. The number of halogens is 1. The molecule has 0 aliphatic heterocycles. The normalized spacial score (nSPS) is 10.1. The largest absolute Gasteiger partial charge is 0.374 e. The lowest BCUT2D eigenvalue weighted by Gasteiger charge is -2.10. The average Bonchev–Trinajstić information content (AvgIpc) is 2.46. The first-order valence-electron chi connectivity index (χ1n) is 6.46. The van der Waals surface area contributed by atoms with Gasteiger partial charge in [-0.1, -0.05) is 42.5 Å². The van der Waals surface area contributed by atoms with Gasteiger partial charge in [-0.15, -0.1) is 0 Å². The van der Waals surface area contributed by atoms with Gasteiger partial charge in [-0.3, -0.25) is 4.79 Å². The molecule has 0 aliphatic rings. The molecule has 0 saturated carbocycles. The molecule has 104 valence electrons. The highest BCUT2D eigenvalue weighted by Crippen LogP contribution is 2.17. The molecule has 0 bridgehead atoms. The third kappa shape index (κ3) is 3.82. The van der Waals surface area contributed by atoms with Crippen molar-refractivity contribution in [3.8, 4) is 0 Å². The number of anilines is 1. The van der Waals surface area contributed by atoms with Gasteiger partial charge in [0.2, 0.25) is 5.91 Å². The number of aryl methyl sites for hydroxylation is 1. The maximum Gasteiger partial charge on any atom is 0.239 e. The van der Waals surface area contributed by atoms with Gasteiger partial charge in [-0.25, -0.2) is 4.39 Å². The number of para-hydroxylation sites is 1. The van der Waals surface area contributed by atoms with Gasteiger partial charge in [0.1, 0.15) is 5.82 Å². The van der Waals surface area contributed by atoms with E-state index in [9.17, 15) is 9.18 Å². The summed E-state index contributed by atoms with van der Waals surface area (Å²) >= 11 is 0. The highest BCUT2D eigenvalue weighted by Gasteiger charge is 2.07. The minimum absolute atomic E-state index is 0.0502. The summed E-state index contributed by atoms with van der Waals surface area (Å²) in [4.78, 5) is 11.7. The molecule has 2 rings (SSSR count). The second-order valence-corrected chi connectivity index (χ2v) is 4.55. The maximum absolute atomic E-state index is 13.6. The number of carbonyl (C=O) groups is 1. The summed E-state index contributed by atoms with van der Waals surface area (Å²) in [5.74, 6) is -0.516. The van der Waals surface area contributed by atoms with E-state index in [0.29, 0.717) is 12.2 Å². The lowest BCUT2D eigenvalue weighted by molar-refractivity contribution is -0.119. The van der Waals surface area contributed by atoms with E-state index in [-0.39, 0.29) is 18.3 Å². The molecule has 2 N–H and O–H groups in total. The van der Waals surface area contributed by atoms with Gasteiger partial charge in [-0.2, -0.15) is 0 Å². The predicted octanol–water partition coefficient (Wildman–Crippen LogP) is 2.86. The third-order valence-electron chi connectivity index (χ3n) is 2.98. The molecule has 0 saturated heterocycles. The Balaban J connectivity index is 1.84. The van der Waals surface area contributed by atoms with Crippen molar-refractivity contribution in [2.45, 2.75) is 13.5 Å². The first kappa shape index (κ1) is 14.1. The van der Waals surface area contributed by atoms with Crippen LogP contribution < -0.4 is 10.6 Å². The summed E-state index contributed by atoms with van der Waals surface area (Å²) < 4.78 is 13.6. The molecule has 0 aliphatic carbocycles. The molecule has 0 heterocycles. The zero-order chi connectivity index (χ0) is 14.4. The van der Waals surface area contributed by atoms with Crippen LogP contribution in [0.2, 0.25) is 0 Å². The van der Waals surface area contributed by atoms with E-state index in [2.05, 4.69) is 10.6 Å². The second-order valence-electron chi connectivity index (χ2n) is 4.55. The molecule has 3 nitrogen and oxygen atoms in total. The van der Waals surface area contributed by atoms with Crippen molar-refractivity contribution in [1.82, 2.24) is 5.32 Å². The van der Waals surface area contributed by atoms with Crippen LogP contribution in [0.3, 0.4) is 0 Å². The van der Waals surface area contributed by atoms with E-state index in [1.807, 2.05) is 30.3 Å². The van der Waals surface area contributed by atoms with Crippen LogP contribution in [0.1, 0.15) is 11.1 Å². The maximum atomic E-state index is 13.6. The molecule has 0 aromatic heterocycles. The van der Waals surface area contributed by atoms with Crippen molar-refractivity contribution in [1.29, 1.82) is 0 Å². The summed E-state index contributed by atoms with van der Waals surface area (Å²) in [6.07, 6.45) is 0. The van der Waals surface area contributed by atoms with Gasteiger partial charge >= 0.3 is 0 Å². The van der Waals surface area contributed by atoms with Crippen LogP contribution in [-0.4, -0.2) is 12.5 Å². The van der Waals surface area contributed by atoms with Crippen LogP contribution >= 0.6 is 0 Å². The fourth-order valence-electron chi connectivity index (χ4n) is 1.88. The topological polar surface area (TPSA) is 41.1 Å². The van der Waals surface area contributed by atoms with E-state index in [4.69, 9.17) is 0 Å². The van der Waals surface area contributed by atoms with Crippen molar-refractivity contribution in [3.05, 3.63) is 65.5 Å². The van der Waals surface area contributed by atoms with Crippen LogP contribution in [0.5, 0.6) is 0 Å². The van der Waals surface area contributed by atoms with E-state index in [0.717, 1.165) is 11.1 Å². The zero-order valence-corrected chi connectivity index (χ0v) is 11.3. The standard InChI is InChI=1S/C16H17FN2O/c1-12-6-5-9-14(17)16(12)19-11-15(20)18-10-13-7-3-2-4-8-13/h2-9,19H,10-11H2,1H3,(H,18,20). The Bertz CT molecular complexity index is 564. The molecule has 20 heavy (non-hydrogen) atoms. The Labute approximate surface area is 117 Å². The number of rotatable bonds is 5. The summed E-state index contributed by atoms with van der Waals surface area (Å²) in [6, 6.07) is 14.5. The number of carbonyl (C=O) groups excluding carboxylic acids is 1. The molecule has 0 radical (unpaired) electrons. The average molecular weight is 272 g/mol. The molecule has 0 atom stereocenters. The molecule has 0 fully saturated rings. The lowest BCUT2D eigenvalue weighted by atomic mass is 10.2. The number of hydrogen-bond acceptors (Lipinski definition) is 2. The van der Waals surface area contributed by atoms with Gasteiger partial charge < -0.3 is 10.6 Å². The van der Waals surface area contributed by atoms with E-state index in [1.54, 1.807) is 19.1 Å². The monoisotopic (exact) mass is 272 g/mol. The Morgan fingerprint density at radius 1 is 1.10 bits per heavy atom. The predicted molar refractivity (Wildman–Crippen MR) is 77.9 cm³/mol. The van der Waals surface area contributed by atoms with E-state index >= 15 is 0 Å². The van der Waals surface area contributed by atoms with Crippen molar-refractivity contribution in [3.63, 3.8) is 0 Å². The molecule has 0 spiro atoms. The lowest BCUT2D eigenvalue weighted by Crippen LogP contribution is -2.29. The SMILES string of the molecule is Cc1cccc(F)c1NCC(=O)NCc1ccccc1. The molecule has 0 unspecified atom stereocenters. The fourth-order valence-corrected chi connectivity index (χ4v) is 1.88. The first-order chi connectivity index (χ1) is 9.66. The minimum Gasteiger partial charge on any atom is -0.374 e. The highest BCUT2D eigenvalue weighted by molar-refractivity contribution is 5.81. The van der Waals surface area contributed by atoms with Crippen LogP contribution in [0, 0.1) is 12.7 Å². The van der Waals surface area contributed by atoms with Gasteiger partial charge in [0, 0.05) is 6.54 Å². The molecular formula is C16H17FN2O. The second kappa shape index (κ2) is 6.70. The van der Waals surface area contributed by atoms with Crippen LogP contribution in [-0.2, 0) is 11.3 Å². The van der Waals surface area contributed by atoms with Crippen LogP contribution in [0.4, 0.5) is 10.1 Å². The Kier molecular flexibility index (Phi) is 4.71. The van der Waals surface area contributed by atoms with Gasteiger partial charge in [0.15, 0.2) is 0 Å². The number of nitrogens with one attached hydrogen (secondary N) is 2. The summed E-state index contributed by atoms with van der Waals surface area (Å²) in [5.41, 5.74) is 2.19. The molecule has 2 aromatic carbocycles. The third-order valence-corrected chi connectivity index (χ3v) is 2.98.